The van der Waals surface area contributed by atoms with Crippen LogP contribution in [0.2, 0.25) is 0 Å². The Kier molecular flexibility index (Phi) is 9.39. The smallest absolute Gasteiger partial charge is 0.136 e. The molecule has 11 aromatic rings. The van der Waals surface area contributed by atoms with Crippen LogP contribution in [0.3, 0.4) is 0 Å². The van der Waals surface area contributed by atoms with Crippen LogP contribution in [-0.2, 0) is 0 Å². The predicted octanol–water partition coefficient (Wildman–Crippen LogP) is 18.2. The molecule has 0 radical (unpaired) electrons. The maximum atomic E-state index is 6.72. The Morgan fingerprint density at radius 3 is 1.09 bits per heavy atom. The molecule has 0 spiro atoms. The molecule has 2 aromatic heterocycles. The van der Waals surface area contributed by atoms with E-state index >= 15 is 0 Å². The van der Waals surface area contributed by atoms with Gasteiger partial charge in [-0.15, -0.1) is 0 Å². The quantitative estimate of drug-likeness (QED) is 0.153. The fourth-order valence-electron chi connectivity index (χ4n) is 9.80. The van der Waals surface area contributed by atoms with Crippen molar-refractivity contribution in [1.82, 2.24) is 0 Å². The van der Waals surface area contributed by atoms with Crippen LogP contribution in [-0.4, -0.2) is 0 Å². The average molecular weight is 833 g/mol. The van der Waals surface area contributed by atoms with Crippen LogP contribution < -0.4 is 9.80 Å². The fourth-order valence-corrected chi connectivity index (χ4v) is 9.80. The molecule has 0 atom stereocenters. The van der Waals surface area contributed by atoms with E-state index in [9.17, 15) is 0 Å². The van der Waals surface area contributed by atoms with E-state index in [2.05, 4.69) is 223 Å². The van der Waals surface area contributed by atoms with Gasteiger partial charge in [-0.3, -0.25) is 0 Å². The molecule has 0 aliphatic heterocycles. The van der Waals surface area contributed by atoms with Crippen molar-refractivity contribution in [3.8, 4) is 0 Å². The van der Waals surface area contributed by atoms with E-state index in [0.717, 1.165) is 76.8 Å². The van der Waals surface area contributed by atoms with Gasteiger partial charge in [0.15, 0.2) is 0 Å². The van der Waals surface area contributed by atoms with E-state index in [-0.39, 0.29) is 0 Å². The van der Waals surface area contributed by atoms with Crippen LogP contribution in [0.5, 0.6) is 0 Å². The van der Waals surface area contributed by atoms with E-state index in [1.54, 1.807) is 0 Å². The van der Waals surface area contributed by atoms with Crippen LogP contribution in [0.1, 0.15) is 72.9 Å². The second-order valence-corrected chi connectivity index (χ2v) is 18.5. The van der Waals surface area contributed by atoms with Crippen molar-refractivity contribution in [1.29, 1.82) is 0 Å². The minimum atomic E-state index is 0.466. The summed E-state index contributed by atoms with van der Waals surface area (Å²) in [5, 5.41) is 8.84. The SMILES string of the molecule is Cc1ccccc1N(c1ccc2cc3c(cc2c1)oc1cc2c(cc13)oc1cc3cc(N(c4ccccc4C)c4ccc(C(C)C)cc4C)ccc3cc12)c1ccc(C(C)C)cc1C. The number of hydrogen-bond donors (Lipinski definition) is 0. The lowest BCUT2D eigenvalue weighted by molar-refractivity contribution is 0.664. The maximum absolute atomic E-state index is 6.72. The van der Waals surface area contributed by atoms with Crippen molar-refractivity contribution >= 4 is 99.5 Å². The molecular weight excluding hydrogens is 781 g/mol. The Labute approximate surface area is 375 Å². The highest BCUT2D eigenvalue weighted by molar-refractivity contribution is 6.18. The van der Waals surface area contributed by atoms with Gasteiger partial charge in [-0.2, -0.15) is 0 Å². The summed E-state index contributed by atoms with van der Waals surface area (Å²) in [6, 6.07) is 57.9. The number of anilines is 6. The van der Waals surface area contributed by atoms with Crippen LogP contribution in [0.15, 0.2) is 167 Å². The topological polar surface area (TPSA) is 32.8 Å². The first-order valence-corrected chi connectivity index (χ1v) is 22.6. The van der Waals surface area contributed by atoms with Crippen LogP contribution in [0, 0.1) is 27.7 Å². The highest BCUT2D eigenvalue weighted by Crippen LogP contribution is 2.45. The summed E-state index contributed by atoms with van der Waals surface area (Å²) >= 11 is 0. The molecule has 0 amide bonds. The third-order valence-electron chi connectivity index (χ3n) is 13.4. The van der Waals surface area contributed by atoms with Crippen molar-refractivity contribution in [2.24, 2.45) is 0 Å². The maximum Gasteiger partial charge on any atom is 0.136 e. The molecule has 0 saturated heterocycles. The number of furan rings is 2. The summed E-state index contributed by atoms with van der Waals surface area (Å²) in [6.07, 6.45) is 0. The van der Waals surface area contributed by atoms with E-state index in [4.69, 9.17) is 8.83 Å². The summed E-state index contributed by atoms with van der Waals surface area (Å²) in [7, 11) is 0. The molecule has 0 aliphatic rings. The van der Waals surface area contributed by atoms with Gasteiger partial charge in [0.1, 0.15) is 22.3 Å². The number of para-hydroxylation sites is 2. The largest absolute Gasteiger partial charge is 0.456 e. The number of fused-ring (bicyclic) bond motifs is 8. The van der Waals surface area contributed by atoms with E-state index in [1.165, 1.54) is 56.1 Å². The first kappa shape index (κ1) is 39.5. The molecule has 0 unspecified atom stereocenters. The second kappa shape index (κ2) is 15.2. The zero-order valence-corrected chi connectivity index (χ0v) is 37.9. The normalized spacial score (nSPS) is 12.0. The third kappa shape index (κ3) is 6.59. The Morgan fingerprint density at radius 1 is 0.328 bits per heavy atom. The molecule has 0 saturated carbocycles. The number of rotatable bonds is 8. The highest BCUT2D eigenvalue weighted by Gasteiger charge is 2.21. The van der Waals surface area contributed by atoms with E-state index in [1.807, 2.05) is 0 Å². The average Bonchev–Trinajstić information content (AvgIpc) is 3.81. The highest BCUT2D eigenvalue weighted by atomic mass is 16.3. The fraction of sp³-hybridized carbons (Fsp3) is 0.167. The van der Waals surface area contributed by atoms with Gasteiger partial charge in [-0.05, 0) is 179 Å². The molecular formula is C60H52N2O2. The Bertz CT molecular complexity index is 3400. The van der Waals surface area contributed by atoms with Gasteiger partial charge in [-0.1, -0.05) is 100 Å². The molecule has 314 valence electrons. The lowest BCUT2D eigenvalue weighted by atomic mass is 9.98. The van der Waals surface area contributed by atoms with Crippen molar-refractivity contribution < 1.29 is 8.83 Å². The van der Waals surface area contributed by atoms with Crippen molar-refractivity contribution in [3.63, 3.8) is 0 Å². The van der Waals surface area contributed by atoms with Crippen molar-refractivity contribution in [3.05, 3.63) is 191 Å². The predicted molar refractivity (Wildman–Crippen MR) is 273 cm³/mol. The number of benzene rings is 9. The van der Waals surface area contributed by atoms with Gasteiger partial charge in [0.2, 0.25) is 0 Å². The van der Waals surface area contributed by atoms with Crippen molar-refractivity contribution in [2.45, 2.75) is 67.2 Å². The number of hydrogen-bond acceptors (Lipinski definition) is 4. The lowest BCUT2D eigenvalue weighted by Crippen LogP contribution is -2.13. The molecule has 4 nitrogen and oxygen atoms in total. The second-order valence-electron chi connectivity index (χ2n) is 18.5. The molecule has 0 fully saturated rings. The monoisotopic (exact) mass is 832 g/mol. The number of nitrogens with zero attached hydrogens (tertiary/aromatic N) is 2. The first-order chi connectivity index (χ1) is 31.0. The molecule has 64 heavy (non-hydrogen) atoms. The molecule has 11 rings (SSSR count). The zero-order chi connectivity index (χ0) is 44.0. The van der Waals surface area contributed by atoms with Gasteiger partial charge >= 0.3 is 0 Å². The van der Waals surface area contributed by atoms with Crippen molar-refractivity contribution in [2.75, 3.05) is 9.80 Å². The number of aryl methyl sites for hydroxylation is 4. The summed E-state index contributed by atoms with van der Waals surface area (Å²) < 4.78 is 13.4. The zero-order valence-electron chi connectivity index (χ0n) is 37.9. The lowest BCUT2D eigenvalue weighted by Gasteiger charge is -2.29. The van der Waals surface area contributed by atoms with Crippen LogP contribution >= 0.6 is 0 Å². The molecule has 9 aromatic carbocycles. The van der Waals surface area contributed by atoms with E-state index in [0.29, 0.717) is 11.8 Å². The summed E-state index contributed by atoms with van der Waals surface area (Å²) in [6.45, 7) is 17.8. The Morgan fingerprint density at radius 2 is 0.703 bits per heavy atom. The Hall–Kier alpha value is -7.30. The summed E-state index contributed by atoms with van der Waals surface area (Å²) in [5.74, 6) is 0.931. The van der Waals surface area contributed by atoms with Gasteiger partial charge in [0, 0.05) is 55.7 Å². The Balaban J connectivity index is 0.999. The summed E-state index contributed by atoms with van der Waals surface area (Å²) in [5.41, 5.74) is 18.0. The van der Waals surface area contributed by atoms with Gasteiger partial charge < -0.3 is 18.6 Å². The first-order valence-electron chi connectivity index (χ1n) is 22.6. The van der Waals surface area contributed by atoms with Crippen LogP contribution in [0.4, 0.5) is 34.1 Å². The van der Waals surface area contributed by atoms with E-state index < -0.39 is 0 Å². The minimum Gasteiger partial charge on any atom is -0.456 e. The van der Waals surface area contributed by atoms with Crippen LogP contribution in [0.25, 0.3) is 65.4 Å². The molecule has 0 aliphatic carbocycles. The molecule has 0 N–H and O–H groups in total. The molecule has 4 heteroatoms. The molecule has 2 heterocycles. The van der Waals surface area contributed by atoms with Gasteiger partial charge in [0.25, 0.3) is 0 Å². The standard InChI is InChI=1S/C60H52N2O2/c1-35(2)41-19-23-55(39(7)25-41)61(53-15-11-9-13-37(53)5)47-21-17-43-29-49-51-33-60-52(34-59(51)63-57(49)31-45(43)27-47)50-30-44-18-22-48(28-46(44)32-58(50)64-60)62(54-16-12-10-14-38(54)6)56-24-20-42(36(3)4)26-40(56)8/h9-36H,1-8H3. The van der Waals surface area contributed by atoms with Gasteiger partial charge in [0.05, 0.1) is 0 Å². The van der Waals surface area contributed by atoms with Gasteiger partial charge in [-0.25, -0.2) is 0 Å². The molecule has 0 bridgehead atoms. The summed E-state index contributed by atoms with van der Waals surface area (Å²) in [4.78, 5) is 4.79. The minimum absolute atomic E-state index is 0.466. The third-order valence-corrected chi connectivity index (χ3v) is 13.4.